The van der Waals surface area contributed by atoms with Crippen LogP contribution >= 0.6 is 0 Å². The third kappa shape index (κ3) is 7.89. The van der Waals surface area contributed by atoms with Crippen molar-refractivity contribution < 1.29 is 35.9 Å². The molecule has 1 aromatic heterocycles. The Labute approximate surface area is 260 Å². The molecule has 45 heavy (non-hydrogen) atoms. The molecule has 14 heteroatoms. The number of ether oxygens (including phenoxy) is 2. The Kier molecular flexibility index (Phi) is 9.62. The van der Waals surface area contributed by atoms with Crippen LogP contribution in [0.25, 0.3) is 11.0 Å². The Morgan fingerprint density at radius 3 is 2.69 bits per heavy atom. The van der Waals surface area contributed by atoms with Crippen LogP contribution in [0.15, 0.2) is 41.6 Å². The van der Waals surface area contributed by atoms with Crippen molar-refractivity contribution in [3.05, 3.63) is 47.8 Å². The lowest BCUT2D eigenvalue weighted by molar-refractivity contribution is -0.139. The van der Waals surface area contributed by atoms with Gasteiger partial charge in [0.2, 0.25) is 0 Å². The largest absolute Gasteiger partial charge is 0.495 e. The van der Waals surface area contributed by atoms with Crippen molar-refractivity contribution in [1.82, 2.24) is 19.8 Å². The highest BCUT2D eigenvalue weighted by Crippen LogP contribution is 2.28. The molecular formula is C31H36F3N5O5S. The summed E-state index contributed by atoms with van der Waals surface area (Å²) in [6.07, 6.45) is -0.557. The number of imidazole rings is 1. The first-order chi connectivity index (χ1) is 21.3. The van der Waals surface area contributed by atoms with Gasteiger partial charge >= 0.3 is 6.18 Å². The topological polar surface area (TPSA) is 115 Å². The minimum Gasteiger partial charge on any atom is -0.495 e. The van der Waals surface area contributed by atoms with Crippen LogP contribution in [0, 0.1) is 17.8 Å². The number of likely N-dealkylation sites (tertiary alicyclic amines) is 1. The molecule has 0 aliphatic carbocycles. The molecule has 1 unspecified atom stereocenters. The van der Waals surface area contributed by atoms with E-state index in [2.05, 4.69) is 39.3 Å². The summed E-state index contributed by atoms with van der Waals surface area (Å²) in [5, 5.41) is 6.16. The molecule has 5 rings (SSSR count). The fourth-order valence-electron chi connectivity index (χ4n) is 5.84. The van der Waals surface area contributed by atoms with Gasteiger partial charge < -0.3 is 24.7 Å². The standard InChI is InChI=1S/C31H36F3N5O5S/c1-20-16-38(22-9-12-44-17-22)11-8-25(20)37-30(40)24-13-21(14-27-29(24)36-19-39(27)18-31(32,33)34)5-4-10-35-26-7-6-23(45(3,41)42)15-28(26)43-2/h6-7,13-15,19-20,22,25,35H,8-12,16-18H2,1-3H3,(H,37,40)/t20-,22?,25-/m0/s1. The number of carbonyl (C=O) groups is 1. The number of piperidine rings is 1. The zero-order valence-corrected chi connectivity index (χ0v) is 26.1. The summed E-state index contributed by atoms with van der Waals surface area (Å²) in [6.45, 7) is 4.04. The zero-order valence-electron chi connectivity index (χ0n) is 25.3. The lowest BCUT2D eigenvalue weighted by Gasteiger charge is -2.39. The van der Waals surface area contributed by atoms with Crippen molar-refractivity contribution in [3.63, 3.8) is 0 Å². The SMILES string of the molecule is COc1cc(S(C)(=O)=O)ccc1NCC#Cc1cc(C(=O)N[C@H]2CCN(C3CCOC3)C[C@@H]2C)c2ncn(CC(F)(F)F)c2c1. The number of amides is 1. The van der Waals surface area contributed by atoms with E-state index in [1.807, 2.05) is 0 Å². The summed E-state index contributed by atoms with van der Waals surface area (Å²) in [5.41, 5.74) is 1.34. The second kappa shape index (κ2) is 13.3. The van der Waals surface area contributed by atoms with Gasteiger partial charge in [0.25, 0.3) is 5.91 Å². The monoisotopic (exact) mass is 647 g/mol. The number of alkyl halides is 3. The van der Waals surface area contributed by atoms with Crippen molar-refractivity contribution >= 4 is 32.5 Å². The smallest absolute Gasteiger partial charge is 0.406 e. The second-order valence-electron chi connectivity index (χ2n) is 11.5. The maximum absolute atomic E-state index is 13.6. The Bertz CT molecular complexity index is 1720. The predicted octanol–water partition coefficient (Wildman–Crippen LogP) is 3.70. The molecule has 2 aliphatic rings. The summed E-state index contributed by atoms with van der Waals surface area (Å²) in [7, 11) is -2.01. The zero-order chi connectivity index (χ0) is 32.4. The van der Waals surface area contributed by atoms with Crippen LogP contribution in [0.1, 0.15) is 35.7 Å². The van der Waals surface area contributed by atoms with Crippen molar-refractivity contribution in [2.75, 3.05) is 51.5 Å². The van der Waals surface area contributed by atoms with Gasteiger partial charge in [-0.15, -0.1) is 0 Å². The maximum Gasteiger partial charge on any atom is 0.406 e. The van der Waals surface area contributed by atoms with Gasteiger partial charge in [-0.25, -0.2) is 13.4 Å². The van der Waals surface area contributed by atoms with Gasteiger partial charge in [0, 0.05) is 49.7 Å². The number of halogens is 3. The Morgan fingerprint density at radius 1 is 1.22 bits per heavy atom. The van der Waals surface area contributed by atoms with E-state index >= 15 is 0 Å². The minimum atomic E-state index is -4.48. The van der Waals surface area contributed by atoms with Crippen molar-refractivity contribution in [2.24, 2.45) is 5.92 Å². The average molecular weight is 648 g/mol. The quantitative estimate of drug-likeness (QED) is 0.356. The Balaban J connectivity index is 1.36. The van der Waals surface area contributed by atoms with E-state index in [-0.39, 0.29) is 40.0 Å². The molecule has 0 spiro atoms. The highest BCUT2D eigenvalue weighted by molar-refractivity contribution is 7.90. The van der Waals surface area contributed by atoms with Crippen LogP contribution in [0.5, 0.6) is 5.75 Å². The van der Waals surface area contributed by atoms with Crippen LogP contribution in [0.3, 0.4) is 0 Å². The fraction of sp³-hybridized carbons (Fsp3) is 0.484. The number of nitrogens with one attached hydrogen (secondary N) is 2. The molecule has 2 saturated heterocycles. The summed E-state index contributed by atoms with van der Waals surface area (Å²) in [6, 6.07) is 7.73. The molecule has 0 bridgehead atoms. The molecule has 2 aromatic carbocycles. The highest BCUT2D eigenvalue weighted by atomic mass is 32.2. The van der Waals surface area contributed by atoms with E-state index in [4.69, 9.17) is 9.47 Å². The van der Waals surface area contributed by atoms with Gasteiger partial charge in [-0.1, -0.05) is 18.8 Å². The van der Waals surface area contributed by atoms with Gasteiger partial charge in [-0.3, -0.25) is 9.69 Å². The number of aromatic nitrogens is 2. The number of sulfone groups is 1. The van der Waals surface area contributed by atoms with Crippen LogP contribution in [0.4, 0.5) is 18.9 Å². The molecule has 2 N–H and O–H groups in total. The number of fused-ring (bicyclic) bond motifs is 1. The second-order valence-corrected chi connectivity index (χ2v) is 13.5. The van der Waals surface area contributed by atoms with E-state index in [0.717, 1.165) is 49.7 Å². The first-order valence-corrected chi connectivity index (χ1v) is 16.5. The number of hydrogen-bond acceptors (Lipinski definition) is 8. The number of rotatable bonds is 8. The van der Waals surface area contributed by atoms with Crippen molar-refractivity contribution in [2.45, 2.75) is 49.5 Å². The van der Waals surface area contributed by atoms with Crippen LogP contribution < -0.4 is 15.4 Å². The summed E-state index contributed by atoms with van der Waals surface area (Å²) >= 11 is 0. The first kappa shape index (κ1) is 32.6. The number of carbonyl (C=O) groups excluding carboxylic acids is 1. The van der Waals surface area contributed by atoms with E-state index in [1.54, 1.807) is 12.1 Å². The molecule has 3 atom stereocenters. The molecule has 2 aliphatic heterocycles. The highest BCUT2D eigenvalue weighted by Gasteiger charge is 2.33. The van der Waals surface area contributed by atoms with Crippen LogP contribution in [-0.2, 0) is 21.1 Å². The molecule has 0 radical (unpaired) electrons. The average Bonchev–Trinajstić information content (AvgIpc) is 3.65. The van der Waals surface area contributed by atoms with Gasteiger partial charge in [0.1, 0.15) is 17.8 Å². The minimum absolute atomic E-state index is 0.105. The Hall–Kier alpha value is -3.80. The maximum atomic E-state index is 13.6. The van der Waals surface area contributed by atoms with E-state index in [1.165, 1.54) is 25.3 Å². The number of hydrogen-bond donors (Lipinski definition) is 2. The molecular weight excluding hydrogens is 611 g/mol. The van der Waals surface area contributed by atoms with Gasteiger partial charge in [0.15, 0.2) is 9.84 Å². The molecule has 242 valence electrons. The number of nitrogens with zero attached hydrogens (tertiary/aromatic N) is 3. The van der Waals surface area contributed by atoms with E-state index in [0.29, 0.717) is 29.6 Å². The van der Waals surface area contributed by atoms with Crippen molar-refractivity contribution in [1.29, 1.82) is 0 Å². The molecule has 2 fully saturated rings. The molecule has 10 nitrogen and oxygen atoms in total. The Morgan fingerprint density at radius 2 is 2.02 bits per heavy atom. The van der Waals surface area contributed by atoms with Crippen molar-refractivity contribution in [3.8, 4) is 17.6 Å². The number of methoxy groups -OCH3 is 1. The predicted molar refractivity (Wildman–Crippen MR) is 163 cm³/mol. The molecule has 0 saturated carbocycles. The number of benzene rings is 2. The summed E-state index contributed by atoms with van der Waals surface area (Å²) < 4.78 is 75.6. The van der Waals surface area contributed by atoms with Crippen LogP contribution in [0.2, 0.25) is 0 Å². The van der Waals surface area contributed by atoms with Crippen LogP contribution in [-0.4, -0.2) is 93.2 Å². The summed E-state index contributed by atoms with van der Waals surface area (Å²) in [5.74, 6) is 5.92. The number of anilines is 1. The summed E-state index contributed by atoms with van der Waals surface area (Å²) in [4.78, 5) is 20.3. The van der Waals surface area contributed by atoms with Gasteiger partial charge in [-0.05, 0) is 43.0 Å². The van der Waals surface area contributed by atoms with E-state index in [9.17, 15) is 26.4 Å². The third-order valence-electron chi connectivity index (χ3n) is 8.20. The lowest BCUT2D eigenvalue weighted by atomic mass is 9.92. The molecule has 1 amide bonds. The molecule has 3 aromatic rings. The lowest BCUT2D eigenvalue weighted by Crippen LogP contribution is -2.52. The third-order valence-corrected chi connectivity index (χ3v) is 9.31. The van der Waals surface area contributed by atoms with Gasteiger partial charge in [-0.2, -0.15) is 13.2 Å². The van der Waals surface area contributed by atoms with E-state index < -0.39 is 28.5 Å². The normalized spacial score (nSPS) is 20.9. The fourth-order valence-corrected chi connectivity index (χ4v) is 6.48. The molecule has 3 heterocycles. The first-order valence-electron chi connectivity index (χ1n) is 14.6. The van der Waals surface area contributed by atoms with Gasteiger partial charge in [0.05, 0.1) is 48.3 Å².